The normalized spacial score (nSPS) is 15.8. The van der Waals surface area contributed by atoms with E-state index in [0.29, 0.717) is 0 Å². The van der Waals surface area contributed by atoms with Crippen molar-refractivity contribution in [2.24, 2.45) is 7.05 Å². The summed E-state index contributed by atoms with van der Waals surface area (Å²) in [6, 6.07) is 11.3. The van der Waals surface area contributed by atoms with E-state index in [4.69, 9.17) is 4.74 Å². The molecular weight excluding hydrogens is 376 g/mol. The third kappa shape index (κ3) is 2.64. The van der Waals surface area contributed by atoms with Crippen molar-refractivity contribution >= 4 is 5.91 Å². The standard InChI is InChI=1S/C22H19F2N3O2/c1-27-20-13-6-2-3-9-17(13)29-22(10-5-11-22)18(20)19(26-27)21(28)25-12-14-15(23)7-4-8-16(14)24/h2-4,6-9H,5,10-12H2,1H3,(H,25,28). The molecule has 1 N–H and O–H groups in total. The number of aromatic nitrogens is 2. The zero-order valence-electron chi connectivity index (χ0n) is 15.8. The number of para-hydroxylation sites is 1. The molecule has 1 spiro atoms. The Morgan fingerprint density at radius 1 is 1.17 bits per heavy atom. The van der Waals surface area contributed by atoms with Crippen molar-refractivity contribution in [2.75, 3.05) is 0 Å². The number of hydrogen-bond acceptors (Lipinski definition) is 3. The second-order valence-electron chi connectivity index (χ2n) is 7.52. The highest BCUT2D eigenvalue weighted by Crippen LogP contribution is 2.54. The van der Waals surface area contributed by atoms with Crippen molar-refractivity contribution in [2.45, 2.75) is 31.4 Å². The van der Waals surface area contributed by atoms with Crippen LogP contribution >= 0.6 is 0 Å². The highest BCUT2D eigenvalue weighted by Gasteiger charge is 2.50. The summed E-state index contributed by atoms with van der Waals surface area (Å²) in [6.45, 7) is -0.257. The molecule has 2 aliphatic rings. The molecule has 148 valence electrons. The van der Waals surface area contributed by atoms with E-state index in [2.05, 4.69) is 10.4 Å². The van der Waals surface area contributed by atoms with Gasteiger partial charge in [0.1, 0.15) is 23.0 Å². The van der Waals surface area contributed by atoms with Crippen molar-refractivity contribution < 1.29 is 18.3 Å². The van der Waals surface area contributed by atoms with Gasteiger partial charge in [0.25, 0.3) is 5.91 Å². The van der Waals surface area contributed by atoms with Gasteiger partial charge in [-0.05, 0) is 43.5 Å². The molecule has 0 radical (unpaired) electrons. The molecule has 5 rings (SSSR count). The van der Waals surface area contributed by atoms with Gasteiger partial charge in [0.2, 0.25) is 0 Å². The van der Waals surface area contributed by atoms with Gasteiger partial charge in [-0.15, -0.1) is 0 Å². The van der Waals surface area contributed by atoms with E-state index in [0.717, 1.165) is 41.8 Å². The summed E-state index contributed by atoms with van der Waals surface area (Å²) in [4.78, 5) is 13.0. The number of carbonyl (C=O) groups is 1. The van der Waals surface area contributed by atoms with Crippen LogP contribution in [0.25, 0.3) is 11.3 Å². The second-order valence-corrected chi connectivity index (χ2v) is 7.52. The first kappa shape index (κ1) is 17.8. The van der Waals surface area contributed by atoms with E-state index < -0.39 is 23.1 Å². The molecule has 0 atom stereocenters. The first-order chi connectivity index (χ1) is 14.0. The predicted molar refractivity (Wildman–Crippen MR) is 102 cm³/mol. The summed E-state index contributed by atoms with van der Waals surface area (Å²) in [7, 11) is 1.79. The number of carbonyl (C=O) groups excluding carboxylic acids is 1. The molecule has 2 aromatic carbocycles. The van der Waals surface area contributed by atoms with Crippen molar-refractivity contribution in [3.63, 3.8) is 0 Å². The molecule has 1 amide bonds. The number of nitrogens with zero attached hydrogens (tertiary/aromatic N) is 2. The molecule has 1 saturated carbocycles. The number of nitrogens with one attached hydrogen (secondary N) is 1. The van der Waals surface area contributed by atoms with Crippen LogP contribution in [0, 0.1) is 11.6 Å². The molecular formula is C22H19F2N3O2. The molecule has 29 heavy (non-hydrogen) atoms. The summed E-state index contributed by atoms with van der Waals surface area (Å²) in [6.07, 6.45) is 2.59. The maximum absolute atomic E-state index is 13.9. The number of fused-ring (bicyclic) bond motifs is 4. The Balaban J connectivity index is 1.54. The molecule has 0 bridgehead atoms. The Labute approximate surface area is 166 Å². The Hall–Kier alpha value is -3.22. The van der Waals surface area contributed by atoms with Crippen LogP contribution in [0.5, 0.6) is 5.75 Å². The Bertz CT molecular complexity index is 1110. The third-order valence-corrected chi connectivity index (χ3v) is 5.81. The Morgan fingerprint density at radius 3 is 2.59 bits per heavy atom. The van der Waals surface area contributed by atoms with Gasteiger partial charge in [-0.25, -0.2) is 8.78 Å². The summed E-state index contributed by atoms with van der Waals surface area (Å²) < 4.78 is 35.8. The summed E-state index contributed by atoms with van der Waals surface area (Å²) in [5.41, 5.74) is 1.99. The lowest BCUT2D eigenvalue weighted by Gasteiger charge is -2.45. The first-order valence-electron chi connectivity index (χ1n) is 9.57. The molecule has 5 nitrogen and oxygen atoms in total. The molecule has 1 aliphatic carbocycles. The molecule has 1 aliphatic heterocycles. The number of aryl methyl sites for hydroxylation is 1. The van der Waals surface area contributed by atoms with Crippen molar-refractivity contribution in [3.05, 3.63) is 70.9 Å². The summed E-state index contributed by atoms with van der Waals surface area (Å²) >= 11 is 0. The molecule has 0 saturated heterocycles. The lowest BCUT2D eigenvalue weighted by molar-refractivity contribution is -0.0151. The zero-order valence-corrected chi connectivity index (χ0v) is 15.8. The monoisotopic (exact) mass is 395 g/mol. The highest BCUT2D eigenvalue weighted by molar-refractivity contribution is 5.97. The molecule has 1 aromatic heterocycles. The SMILES string of the molecule is Cn1nc(C(=O)NCc2c(F)cccc2F)c2c1-c1ccccc1OC21CCC1. The number of amides is 1. The second kappa shape index (κ2) is 6.40. The van der Waals surface area contributed by atoms with Gasteiger partial charge in [0.05, 0.1) is 11.3 Å². The number of hydrogen-bond donors (Lipinski definition) is 1. The van der Waals surface area contributed by atoms with Crippen LogP contribution < -0.4 is 10.1 Å². The van der Waals surface area contributed by atoms with Crippen LogP contribution in [0.15, 0.2) is 42.5 Å². The number of rotatable bonds is 3. The third-order valence-electron chi connectivity index (χ3n) is 5.81. The molecule has 7 heteroatoms. The van der Waals surface area contributed by atoms with E-state index in [1.54, 1.807) is 11.7 Å². The minimum Gasteiger partial charge on any atom is -0.482 e. The molecule has 2 heterocycles. The number of ether oxygens (including phenoxy) is 1. The molecule has 1 fully saturated rings. The van der Waals surface area contributed by atoms with Gasteiger partial charge in [0, 0.05) is 24.7 Å². The maximum Gasteiger partial charge on any atom is 0.272 e. The fourth-order valence-corrected chi connectivity index (χ4v) is 4.24. The first-order valence-corrected chi connectivity index (χ1v) is 9.57. The predicted octanol–water partition coefficient (Wildman–Crippen LogP) is 4.07. The minimum atomic E-state index is -0.693. The van der Waals surface area contributed by atoms with Gasteiger partial charge in [-0.3, -0.25) is 9.48 Å². The van der Waals surface area contributed by atoms with E-state index in [-0.39, 0.29) is 17.8 Å². The lowest BCUT2D eigenvalue weighted by atomic mass is 9.71. The van der Waals surface area contributed by atoms with Gasteiger partial charge in [-0.1, -0.05) is 18.2 Å². The minimum absolute atomic E-state index is 0.175. The lowest BCUT2D eigenvalue weighted by Crippen LogP contribution is -2.44. The average molecular weight is 395 g/mol. The van der Waals surface area contributed by atoms with Crippen molar-refractivity contribution in [1.29, 1.82) is 0 Å². The summed E-state index contributed by atoms with van der Waals surface area (Å²) in [5.74, 6) is -1.08. The maximum atomic E-state index is 13.9. The topological polar surface area (TPSA) is 56.2 Å². The van der Waals surface area contributed by atoms with Crippen LogP contribution in [0.1, 0.15) is 40.9 Å². The van der Waals surface area contributed by atoms with Crippen LogP contribution in [0.4, 0.5) is 8.78 Å². The molecule has 0 unspecified atom stereocenters. The quantitative estimate of drug-likeness (QED) is 0.728. The molecule has 3 aromatic rings. The highest BCUT2D eigenvalue weighted by atomic mass is 19.1. The van der Waals surface area contributed by atoms with Gasteiger partial charge in [-0.2, -0.15) is 5.10 Å². The Morgan fingerprint density at radius 2 is 1.90 bits per heavy atom. The van der Waals surface area contributed by atoms with Crippen LogP contribution in [0.2, 0.25) is 0 Å². The van der Waals surface area contributed by atoms with Gasteiger partial charge in [0.15, 0.2) is 5.69 Å². The fourth-order valence-electron chi connectivity index (χ4n) is 4.24. The van der Waals surface area contributed by atoms with E-state index in [1.165, 1.54) is 18.2 Å². The fraction of sp³-hybridized carbons (Fsp3) is 0.273. The largest absolute Gasteiger partial charge is 0.482 e. The van der Waals surface area contributed by atoms with E-state index >= 15 is 0 Å². The number of halogens is 2. The zero-order chi connectivity index (χ0) is 20.2. The average Bonchev–Trinajstić information content (AvgIpc) is 3.04. The summed E-state index contributed by atoms with van der Waals surface area (Å²) in [5, 5.41) is 7.08. The van der Waals surface area contributed by atoms with E-state index in [1.807, 2.05) is 24.3 Å². The van der Waals surface area contributed by atoms with Crippen molar-refractivity contribution in [3.8, 4) is 17.0 Å². The van der Waals surface area contributed by atoms with Gasteiger partial charge < -0.3 is 10.1 Å². The van der Waals surface area contributed by atoms with Gasteiger partial charge >= 0.3 is 0 Å². The smallest absolute Gasteiger partial charge is 0.272 e. The van der Waals surface area contributed by atoms with Crippen molar-refractivity contribution in [1.82, 2.24) is 15.1 Å². The van der Waals surface area contributed by atoms with Crippen LogP contribution in [-0.4, -0.2) is 15.7 Å². The number of benzene rings is 2. The van der Waals surface area contributed by atoms with Crippen LogP contribution in [-0.2, 0) is 19.2 Å². The van der Waals surface area contributed by atoms with Crippen LogP contribution in [0.3, 0.4) is 0 Å². The van der Waals surface area contributed by atoms with E-state index in [9.17, 15) is 13.6 Å². The Kier molecular flexibility index (Phi) is 3.94.